The number of rotatable bonds is 1. The smallest absolute Gasteiger partial charge is 0.306 e. The summed E-state index contributed by atoms with van der Waals surface area (Å²) in [5.74, 6) is 0. The molecule has 86 valence electrons. The second-order valence-corrected chi connectivity index (χ2v) is 5.20. The lowest BCUT2D eigenvalue weighted by atomic mass is 10.2. The van der Waals surface area contributed by atoms with Crippen LogP contribution in [-0.2, 0) is 0 Å². The molecule has 2 heterocycles. The van der Waals surface area contributed by atoms with E-state index in [0.717, 1.165) is 27.3 Å². The van der Waals surface area contributed by atoms with Gasteiger partial charge in [-0.05, 0) is 32.0 Å². The molecule has 2 aromatic heterocycles. The summed E-state index contributed by atoms with van der Waals surface area (Å²) in [6.07, 6.45) is 0. The van der Waals surface area contributed by atoms with Gasteiger partial charge in [-0.1, -0.05) is 0 Å². The van der Waals surface area contributed by atoms with E-state index in [-0.39, 0.29) is 5.69 Å². The van der Waals surface area contributed by atoms with Crippen molar-refractivity contribution in [3.8, 4) is 10.6 Å². The van der Waals surface area contributed by atoms with Crippen molar-refractivity contribution in [2.24, 2.45) is 0 Å². The zero-order chi connectivity index (χ0) is 12.0. The van der Waals surface area contributed by atoms with Crippen LogP contribution in [0.25, 0.3) is 21.6 Å². The second kappa shape index (κ2) is 3.56. The fourth-order valence-corrected chi connectivity index (χ4v) is 2.67. The van der Waals surface area contributed by atoms with E-state index in [2.05, 4.69) is 21.9 Å². The molecule has 0 radical (unpaired) electrons. The molecule has 0 bridgehead atoms. The van der Waals surface area contributed by atoms with Gasteiger partial charge in [0.25, 0.3) is 0 Å². The summed E-state index contributed by atoms with van der Waals surface area (Å²) in [6.45, 7) is 4.07. The van der Waals surface area contributed by atoms with Gasteiger partial charge in [0.05, 0.1) is 16.7 Å². The van der Waals surface area contributed by atoms with Gasteiger partial charge < -0.3 is 9.97 Å². The predicted molar refractivity (Wildman–Crippen MR) is 69.5 cm³/mol. The normalized spacial score (nSPS) is 11.2. The average molecular weight is 245 g/mol. The summed E-state index contributed by atoms with van der Waals surface area (Å²) in [4.78, 5) is 22.4. The first-order valence-electron chi connectivity index (χ1n) is 5.30. The van der Waals surface area contributed by atoms with Crippen LogP contribution in [0.5, 0.6) is 0 Å². The van der Waals surface area contributed by atoms with Gasteiger partial charge in [-0.15, -0.1) is 11.3 Å². The number of aryl methyl sites for hydroxylation is 2. The lowest BCUT2D eigenvalue weighted by Crippen LogP contribution is -1.99. The molecule has 0 aliphatic rings. The Bertz CT molecular complexity index is 731. The minimum absolute atomic E-state index is 0.177. The third-order valence-corrected chi connectivity index (χ3v) is 3.91. The van der Waals surface area contributed by atoms with Crippen LogP contribution in [0.4, 0.5) is 0 Å². The monoisotopic (exact) mass is 245 g/mol. The molecule has 0 fully saturated rings. The molecule has 0 aliphatic heterocycles. The van der Waals surface area contributed by atoms with E-state index >= 15 is 0 Å². The largest absolute Gasteiger partial charge is 0.323 e. The van der Waals surface area contributed by atoms with Gasteiger partial charge >= 0.3 is 5.69 Å². The highest BCUT2D eigenvalue weighted by atomic mass is 32.1. The Morgan fingerprint density at radius 3 is 2.65 bits per heavy atom. The molecule has 3 rings (SSSR count). The van der Waals surface area contributed by atoms with E-state index < -0.39 is 0 Å². The molecule has 4 nitrogen and oxygen atoms in total. The van der Waals surface area contributed by atoms with Crippen molar-refractivity contribution >= 4 is 22.4 Å². The molecule has 2 N–H and O–H groups in total. The molecule has 3 aromatic rings. The number of aromatic nitrogens is 3. The van der Waals surface area contributed by atoms with Crippen LogP contribution >= 0.6 is 11.3 Å². The number of hydrogen-bond donors (Lipinski definition) is 2. The van der Waals surface area contributed by atoms with Crippen LogP contribution in [0.2, 0.25) is 0 Å². The molecule has 0 saturated heterocycles. The zero-order valence-corrected chi connectivity index (χ0v) is 10.3. The molecular formula is C12H11N3OS. The number of aromatic amines is 2. The van der Waals surface area contributed by atoms with Crippen LogP contribution < -0.4 is 5.69 Å². The Morgan fingerprint density at radius 1 is 1.18 bits per heavy atom. The number of benzene rings is 1. The maximum atomic E-state index is 11.2. The van der Waals surface area contributed by atoms with E-state index in [9.17, 15) is 4.79 Å². The van der Waals surface area contributed by atoms with Gasteiger partial charge in [-0.2, -0.15) is 0 Å². The highest BCUT2D eigenvalue weighted by Gasteiger charge is 2.07. The molecule has 0 saturated carbocycles. The van der Waals surface area contributed by atoms with Crippen LogP contribution in [0, 0.1) is 13.8 Å². The molecular weight excluding hydrogens is 234 g/mol. The van der Waals surface area contributed by atoms with Crippen LogP contribution in [-0.4, -0.2) is 15.0 Å². The van der Waals surface area contributed by atoms with Gasteiger partial charge in [-0.3, -0.25) is 0 Å². The standard InChI is InChI=1S/C12H11N3OS/c1-6-7(2)17-11(13-6)8-3-4-9-10(5-8)15-12(16)14-9/h3-5H,1-2H3,(H2,14,15,16). The van der Waals surface area contributed by atoms with Gasteiger partial charge in [0.2, 0.25) is 0 Å². The molecule has 1 aromatic carbocycles. The number of hydrogen-bond acceptors (Lipinski definition) is 3. The number of thiazole rings is 1. The van der Waals surface area contributed by atoms with Gasteiger partial charge in [0.1, 0.15) is 5.01 Å². The van der Waals surface area contributed by atoms with Gasteiger partial charge in [0.15, 0.2) is 0 Å². The number of nitrogens with zero attached hydrogens (tertiary/aromatic N) is 1. The Labute approximate surface area is 101 Å². The maximum absolute atomic E-state index is 11.2. The predicted octanol–water partition coefficient (Wildman–Crippen LogP) is 2.60. The van der Waals surface area contributed by atoms with Crippen molar-refractivity contribution in [1.82, 2.24) is 15.0 Å². The first kappa shape index (κ1) is 10.3. The Morgan fingerprint density at radius 2 is 1.94 bits per heavy atom. The lowest BCUT2D eigenvalue weighted by molar-refractivity contribution is 1.21. The number of nitrogens with one attached hydrogen (secondary N) is 2. The Kier molecular flexibility index (Phi) is 2.16. The van der Waals surface area contributed by atoms with Crippen LogP contribution in [0.15, 0.2) is 23.0 Å². The molecule has 0 aliphatic carbocycles. The summed E-state index contributed by atoms with van der Waals surface area (Å²) >= 11 is 1.67. The topological polar surface area (TPSA) is 61.5 Å². The molecule has 0 unspecified atom stereocenters. The number of H-pyrrole nitrogens is 2. The molecule has 0 amide bonds. The lowest BCUT2D eigenvalue weighted by Gasteiger charge is -1.95. The SMILES string of the molecule is Cc1nc(-c2ccc3[nH]c(=O)[nH]c3c2)sc1C. The van der Waals surface area contributed by atoms with Crippen molar-refractivity contribution in [1.29, 1.82) is 0 Å². The maximum Gasteiger partial charge on any atom is 0.323 e. The van der Waals surface area contributed by atoms with Gasteiger partial charge in [-0.25, -0.2) is 9.78 Å². The summed E-state index contributed by atoms with van der Waals surface area (Å²) < 4.78 is 0. The third kappa shape index (κ3) is 1.68. The fraction of sp³-hybridized carbons (Fsp3) is 0.167. The van der Waals surface area contributed by atoms with E-state index in [0.29, 0.717) is 0 Å². The second-order valence-electron chi connectivity index (χ2n) is 4.00. The highest BCUT2D eigenvalue weighted by Crippen LogP contribution is 2.28. The molecule has 5 heteroatoms. The quantitative estimate of drug-likeness (QED) is 0.692. The fourth-order valence-electron chi connectivity index (χ4n) is 1.76. The van der Waals surface area contributed by atoms with E-state index in [1.54, 1.807) is 11.3 Å². The zero-order valence-electron chi connectivity index (χ0n) is 9.50. The minimum Gasteiger partial charge on any atom is -0.306 e. The summed E-state index contributed by atoms with van der Waals surface area (Å²) in [5.41, 5.74) is 3.56. The average Bonchev–Trinajstić information content (AvgIpc) is 2.80. The Balaban J connectivity index is 2.20. The summed E-state index contributed by atoms with van der Waals surface area (Å²) in [6, 6.07) is 5.82. The van der Waals surface area contributed by atoms with Crippen molar-refractivity contribution < 1.29 is 0 Å². The number of imidazole rings is 1. The van der Waals surface area contributed by atoms with Crippen LogP contribution in [0.1, 0.15) is 10.6 Å². The van der Waals surface area contributed by atoms with E-state index in [1.807, 2.05) is 25.1 Å². The summed E-state index contributed by atoms with van der Waals surface area (Å²) in [5, 5.41) is 0.990. The van der Waals surface area contributed by atoms with Crippen molar-refractivity contribution in [3.63, 3.8) is 0 Å². The van der Waals surface area contributed by atoms with Gasteiger partial charge in [0, 0.05) is 10.4 Å². The third-order valence-electron chi connectivity index (χ3n) is 2.79. The van der Waals surface area contributed by atoms with Crippen molar-refractivity contribution in [2.45, 2.75) is 13.8 Å². The first-order chi connectivity index (χ1) is 8.13. The van der Waals surface area contributed by atoms with Crippen LogP contribution in [0.3, 0.4) is 0 Å². The molecule has 0 spiro atoms. The summed E-state index contributed by atoms with van der Waals surface area (Å²) in [7, 11) is 0. The Hall–Kier alpha value is -1.88. The highest BCUT2D eigenvalue weighted by molar-refractivity contribution is 7.15. The van der Waals surface area contributed by atoms with E-state index in [1.165, 1.54) is 4.88 Å². The molecule has 17 heavy (non-hydrogen) atoms. The molecule has 0 atom stereocenters. The minimum atomic E-state index is -0.177. The van der Waals surface area contributed by atoms with E-state index in [4.69, 9.17) is 0 Å². The first-order valence-corrected chi connectivity index (χ1v) is 6.11. The van der Waals surface area contributed by atoms with Crippen molar-refractivity contribution in [3.05, 3.63) is 39.3 Å². The number of fused-ring (bicyclic) bond motifs is 1. The van der Waals surface area contributed by atoms with Crippen molar-refractivity contribution in [2.75, 3.05) is 0 Å².